The van der Waals surface area contributed by atoms with Crippen LogP contribution >= 0.6 is 0 Å². The number of amides is 1. The van der Waals surface area contributed by atoms with Crippen LogP contribution in [-0.4, -0.2) is 42.7 Å². The molecule has 1 N–H and O–H groups in total. The van der Waals surface area contributed by atoms with E-state index in [0.29, 0.717) is 0 Å². The van der Waals surface area contributed by atoms with E-state index in [4.69, 9.17) is 0 Å². The maximum Gasteiger partial charge on any atom is 0.406 e. The van der Waals surface area contributed by atoms with E-state index in [1.54, 1.807) is 13.8 Å². The van der Waals surface area contributed by atoms with E-state index in [2.05, 4.69) is 5.32 Å². The SMILES string of the molecule is CCC(C)NCC(=O)N(CC(C)C)CC(F)(F)F. The van der Waals surface area contributed by atoms with Gasteiger partial charge in [0.25, 0.3) is 0 Å². The van der Waals surface area contributed by atoms with Crippen molar-refractivity contribution in [3.63, 3.8) is 0 Å². The first-order valence-corrected chi connectivity index (χ1v) is 6.23. The van der Waals surface area contributed by atoms with E-state index in [1.807, 2.05) is 13.8 Å². The summed E-state index contributed by atoms with van der Waals surface area (Å²) < 4.78 is 37.1. The molecule has 1 unspecified atom stereocenters. The van der Waals surface area contributed by atoms with E-state index in [-0.39, 0.29) is 25.0 Å². The van der Waals surface area contributed by atoms with Crippen LogP contribution in [0.2, 0.25) is 0 Å². The molecule has 1 atom stereocenters. The summed E-state index contributed by atoms with van der Waals surface area (Å²) in [5, 5.41) is 2.91. The molecule has 0 bridgehead atoms. The lowest BCUT2D eigenvalue weighted by molar-refractivity contribution is -0.161. The van der Waals surface area contributed by atoms with Crippen LogP contribution in [-0.2, 0) is 4.79 Å². The molecule has 0 aromatic rings. The number of hydrogen-bond donors (Lipinski definition) is 1. The molecule has 18 heavy (non-hydrogen) atoms. The first-order chi connectivity index (χ1) is 8.15. The summed E-state index contributed by atoms with van der Waals surface area (Å²) in [6, 6.07) is 0.126. The Kier molecular flexibility index (Phi) is 7.28. The number of hydrogen-bond acceptors (Lipinski definition) is 2. The highest BCUT2D eigenvalue weighted by Crippen LogP contribution is 2.17. The molecule has 0 saturated heterocycles. The molecular weight excluding hydrogens is 245 g/mol. The van der Waals surface area contributed by atoms with Gasteiger partial charge in [0.1, 0.15) is 6.54 Å². The zero-order chi connectivity index (χ0) is 14.3. The van der Waals surface area contributed by atoms with Crippen molar-refractivity contribution in [3.8, 4) is 0 Å². The number of nitrogens with one attached hydrogen (secondary N) is 1. The Balaban J connectivity index is 4.40. The van der Waals surface area contributed by atoms with Crippen LogP contribution in [0.1, 0.15) is 34.1 Å². The average Bonchev–Trinajstić information content (AvgIpc) is 2.21. The number of rotatable bonds is 7. The van der Waals surface area contributed by atoms with Crippen molar-refractivity contribution in [2.45, 2.75) is 46.3 Å². The zero-order valence-electron chi connectivity index (χ0n) is 11.5. The van der Waals surface area contributed by atoms with Crippen molar-refractivity contribution in [1.82, 2.24) is 10.2 Å². The van der Waals surface area contributed by atoms with Crippen molar-refractivity contribution in [1.29, 1.82) is 0 Å². The Morgan fingerprint density at radius 1 is 1.28 bits per heavy atom. The largest absolute Gasteiger partial charge is 0.406 e. The highest BCUT2D eigenvalue weighted by molar-refractivity contribution is 5.78. The normalized spacial score (nSPS) is 13.8. The molecule has 0 spiro atoms. The summed E-state index contributed by atoms with van der Waals surface area (Å²) in [5.74, 6) is -0.485. The fourth-order valence-electron chi connectivity index (χ4n) is 1.43. The number of carbonyl (C=O) groups excluding carboxylic acids is 1. The molecule has 3 nitrogen and oxygen atoms in total. The van der Waals surface area contributed by atoms with Gasteiger partial charge in [0.15, 0.2) is 0 Å². The summed E-state index contributed by atoms with van der Waals surface area (Å²) in [7, 11) is 0. The van der Waals surface area contributed by atoms with Crippen LogP contribution in [0.15, 0.2) is 0 Å². The fraction of sp³-hybridized carbons (Fsp3) is 0.917. The quantitative estimate of drug-likeness (QED) is 0.769. The van der Waals surface area contributed by atoms with Crippen LogP contribution in [0.3, 0.4) is 0 Å². The Morgan fingerprint density at radius 3 is 2.22 bits per heavy atom. The second-order valence-corrected chi connectivity index (χ2v) is 4.97. The third-order valence-corrected chi connectivity index (χ3v) is 2.52. The first-order valence-electron chi connectivity index (χ1n) is 6.23. The van der Waals surface area contributed by atoms with Gasteiger partial charge in [-0.05, 0) is 19.3 Å². The predicted octanol–water partition coefficient (Wildman–Crippen LogP) is 2.42. The Hall–Kier alpha value is -0.780. The molecular formula is C12H23F3N2O. The molecule has 0 aromatic heterocycles. The maximum atomic E-state index is 12.4. The van der Waals surface area contributed by atoms with Gasteiger partial charge in [0.05, 0.1) is 6.54 Å². The molecule has 0 fully saturated rings. The monoisotopic (exact) mass is 268 g/mol. The van der Waals surface area contributed by atoms with Crippen LogP contribution in [0.4, 0.5) is 13.2 Å². The topological polar surface area (TPSA) is 32.3 Å². The van der Waals surface area contributed by atoms with Crippen molar-refractivity contribution in [2.24, 2.45) is 5.92 Å². The summed E-state index contributed by atoms with van der Waals surface area (Å²) in [5.41, 5.74) is 0. The van der Waals surface area contributed by atoms with Crippen molar-refractivity contribution >= 4 is 5.91 Å². The number of nitrogens with zero attached hydrogens (tertiary/aromatic N) is 1. The molecule has 0 saturated carbocycles. The minimum Gasteiger partial charge on any atom is -0.332 e. The maximum absolute atomic E-state index is 12.4. The van der Waals surface area contributed by atoms with Gasteiger partial charge in [0.2, 0.25) is 5.91 Å². The predicted molar refractivity (Wildman–Crippen MR) is 65.2 cm³/mol. The number of alkyl halides is 3. The minimum atomic E-state index is -4.35. The molecule has 0 aromatic carbocycles. The molecule has 0 rings (SSSR count). The second-order valence-electron chi connectivity index (χ2n) is 4.97. The molecule has 0 aliphatic heterocycles. The van der Waals surface area contributed by atoms with Gasteiger partial charge in [-0.3, -0.25) is 4.79 Å². The van der Waals surface area contributed by atoms with E-state index < -0.39 is 18.6 Å². The van der Waals surface area contributed by atoms with Crippen LogP contribution in [0.25, 0.3) is 0 Å². The minimum absolute atomic E-state index is 0.0138. The summed E-state index contributed by atoms with van der Waals surface area (Å²) >= 11 is 0. The second kappa shape index (κ2) is 7.61. The molecule has 0 aliphatic rings. The summed E-state index contributed by atoms with van der Waals surface area (Å²) in [6.07, 6.45) is -3.52. The van der Waals surface area contributed by atoms with Gasteiger partial charge in [-0.15, -0.1) is 0 Å². The van der Waals surface area contributed by atoms with Crippen LogP contribution < -0.4 is 5.32 Å². The van der Waals surface area contributed by atoms with Crippen LogP contribution in [0, 0.1) is 5.92 Å². The molecule has 0 aliphatic carbocycles. The Labute approximate surface area is 107 Å². The lowest BCUT2D eigenvalue weighted by atomic mass is 10.2. The Bertz CT molecular complexity index is 254. The smallest absolute Gasteiger partial charge is 0.332 e. The van der Waals surface area contributed by atoms with E-state index >= 15 is 0 Å². The van der Waals surface area contributed by atoms with Gasteiger partial charge in [0, 0.05) is 12.6 Å². The summed E-state index contributed by atoms with van der Waals surface area (Å²) in [4.78, 5) is 12.6. The van der Waals surface area contributed by atoms with Gasteiger partial charge in [-0.2, -0.15) is 13.2 Å². The average molecular weight is 268 g/mol. The number of carbonyl (C=O) groups is 1. The molecule has 0 radical (unpaired) electrons. The summed E-state index contributed by atoms with van der Waals surface area (Å²) in [6.45, 7) is 6.33. The third kappa shape index (κ3) is 8.33. The molecule has 6 heteroatoms. The highest BCUT2D eigenvalue weighted by atomic mass is 19.4. The molecule has 1 amide bonds. The van der Waals surface area contributed by atoms with Gasteiger partial charge in [-0.25, -0.2) is 0 Å². The van der Waals surface area contributed by atoms with Crippen molar-refractivity contribution in [3.05, 3.63) is 0 Å². The highest BCUT2D eigenvalue weighted by Gasteiger charge is 2.33. The van der Waals surface area contributed by atoms with Crippen LogP contribution in [0.5, 0.6) is 0 Å². The van der Waals surface area contributed by atoms with E-state index in [1.165, 1.54) is 0 Å². The van der Waals surface area contributed by atoms with E-state index in [9.17, 15) is 18.0 Å². The van der Waals surface area contributed by atoms with E-state index in [0.717, 1.165) is 11.3 Å². The van der Waals surface area contributed by atoms with Crippen molar-refractivity contribution in [2.75, 3.05) is 19.6 Å². The van der Waals surface area contributed by atoms with Gasteiger partial charge in [-0.1, -0.05) is 20.8 Å². The fourth-order valence-corrected chi connectivity index (χ4v) is 1.43. The number of halogens is 3. The molecule has 108 valence electrons. The third-order valence-electron chi connectivity index (χ3n) is 2.52. The first kappa shape index (κ1) is 17.2. The zero-order valence-corrected chi connectivity index (χ0v) is 11.5. The lowest BCUT2D eigenvalue weighted by Crippen LogP contribution is -2.46. The lowest BCUT2D eigenvalue weighted by Gasteiger charge is -2.26. The van der Waals surface area contributed by atoms with Gasteiger partial charge < -0.3 is 10.2 Å². The molecule has 0 heterocycles. The Morgan fingerprint density at radius 2 is 1.83 bits per heavy atom. The van der Waals surface area contributed by atoms with Gasteiger partial charge >= 0.3 is 6.18 Å². The van der Waals surface area contributed by atoms with Crippen molar-refractivity contribution < 1.29 is 18.0 Å². The standard InChI is InChI=1S/C12H23F3N2O/c1-5-10(4)16-6-11(18)17(7-9(2)3)8-12(13,14)15/h9-10,16H,5-8H2,1-4H3.